The number of ether oxygens (including phenoxy) is 1. The monoisotopic (exact) mass is 308 g/mol. The number of thiazole rings is 1. The molecule has 0 radical (unpaired) electrons. The van der Waals surface area contributed by atoms with Gasteiger partial charge in [0.1, 0.15) is 0 Å². The van der Waals surface area contributed by atoms with Crippen molar-refractivity contribution in [3.05, 3.63) is 16.1 Å². The highest BCUT2D eigenvalue weighted by molar-refractivity contribution is 7.09. The summed E-state index contributed by atoms with van der Waals surface area (Å²) in [5, 5.41) is 0. The van der Waals surface area contributed by atoms with Gasteiger partial charge in [0.2, 0.25) is 5.91 Å². The topological polar surface area (TPSA) is 42.4 Å². The summed E-state index contributed by atoms with van der Waals surface area (Å²) in [6.45, 7) is 4.27. The number of amides is 1. The van der Waals surface area contributed by atoms with E-state index in [1.54, 1.807) is 11.3 Å². The van der Waals surface area contributed by atoms with Crippen molar-refractivity contribution in [2.45, 2.75) is 57.5 Å². The van der Waals surface area contributed by atoms with Crippen molar-refractivity contribution >= 4 is 17.2 Å². The molecule has 1 aromatic rings. The van der Waals surface area contributed by atoms with Gasteiger partial charge in [-0.25, -0.2) is 4.98 Å². The van der Waals surface area contributed by atoms with Gasteiger partial charge in [0.15, 0.2) is 0 Å². The third kappa shape index (κ3) is 3.46. The first-order valence-corrected chi connectivity index (χ1v) is 8.87. The molecule has 3 rings (SSSR count). The summed E-state index contributed by atoms with van der Waals surface area (Å²) in [5.74, 6) is 0.274. The van der Waals surface area contributed by atoms with E-state index in [1.807, 2.05) is 17.3 Å². The Hall–Kier alpha value is -0.940. The first-order chi connectivity index (χ1) is 10.2. The Balaban J connectivity index is 1.55. The van der Waals surface area contributed by atoms with E-state index in [2.05, 4.69) is 4.98 Å². The number of morpholine rings is 1. The van der Waals surface area contributed by atoms with Gasteiger partial charge in [0.05, 0.1) is 23.4 Å². The lowest BCUT2D eigenvalue weighted by Gasteiger charge is -2.45. The van der Waals surface area contributed by atoms with Crippen LogP contribution in [-0.4, -0.2) is 41.1 Å². The lowest BCUT2D eigenvalue weighted by Crippen LogP contribution is -2.54. The Labute approximate surface area is 130 Å². The predicted octanol–water partition coefficient (Wildman–Crippen LogP) is 2.95. The number of carbonyl (C=O) groups excluding carboxylic acids is 1. The standard InChI is InChI=1S/C16H24N2O2S/c1-13-14(21-12-17-13)5-6-15(19)18-9-10-20-16(11-18)7-3-2-4-8-16/h12H,2-11H2,1H3. The van der Waals surface area contributed by atoms with Gasteiger partial charge in [-0.15, -0.1) is 11.3 Å². The van der Waals surface area contributed by atoms with Gasteiger partial charge in [-0.3, -0.25) is 4.79 Å². The van der Waals surface area contributed by atoms with Gasteiger partial charge in [-0.2, -0.15) is 0 Å². The first kappa shape index (κ1) is 15.0. The Morgan fingerprint density at radius 3 is 2.95 bits per heavy atom. The number of rotatable bonds is 3. The quantitative estimate of drug-likeness (QED) is 0.862. The third-order valence-corrected chi connectivity index (χ3v) is 5.77. The molecule has 1 spiro atoms. The number of aryl methyl sites for hydroxylation is 2. The first-order valence-electron chi connectivity index (χ1n) is 7.99. The average Bonchev–Trinajstić information content (AvgIpc) is 2.91. The van der Waals surface area contributed by atoms with Crippen LogP contribution in [0.2, 0.25) is 0 Å². The van der Waals surface area contributed by atoms with Gasteiger partial charge < -0.3 is 9.64 Å². The zero-order valence-corrected chi connectivity index (χ0v) is 13.6. The summed E-state index contributed by atoms with van der Waals surface area (Å²) < 4.78 is 6.05. The van der Waals surface area contributed by atoms with Crippen LogP contribution in [0.5, 0.6) is 0 Å². The molecule has 1 aliphatic heterocycles. The number of aromatic nitrogens is 1. The van der Waals surface area contributed by atoms with Crippen molar-refractivity contribution in [3.8, 4) is 0 Å². The zero-order chi connectivity index (χ0) is 14.7. The molecule has 0 N–H and O–H groups in total. The van der Waals surface area contributed by atoms with Crippen LogP contribution in [0.4, 0.5) is 0 Å². The molecule has 0 atom stereocenters. The summed E-state index contributed by atoms with van der Waals surface area (Å²) in [7, 11) is 0. The van der Waals surface area contributed by atoms with Crippen LogP contribution in [0.1, 0.15) is 49.1 Å². The number of hydrogen-bond donors (Lipinski definition) is 0. The second kappa shape index (κ2) is 6.44. The lowest BCUT2D eigenvalue weighted by atomic mass is 9.83. The van der Waals surface area contributed by atoms with E-state index in [-0.39, 0.29) is 11.5 Å². The molecule has 1 saturated carbocycles. The van der Waals surface area contributed by atoms with Crippen molar-refractivity contribution < 1.29 is 9.53 Å². The number of carbonyl (C=O) groups is 1. The molecule has 0 aromatic carbocycles. The maximum absolute atomic E-state index is 12.5. The van der Waals surface area contributed by atoms with E-state index < -0.39 is 0 Å². The van der Waals surface area contributed by atoms with Crippen LogP contribution in [0.3, 0.4) is 0 Å². The fourth-order valence-electron chi connectivity index (χ4n) is 3.50. The van der Waals surface area contributed by atoms with Crippen molar-refractivity contribution in [2.75, 3.05) is 19.7 Å². The van der Waals surface area contributed by atoms with Crippen LogP contribution in [0.25, 0.3) is 0 Å². The number of nitrogens with zero attached hydrogens (tertiary/aromatic N) is 2. The van der Waals surface area contributed by atoms with Crippen LogP contribution in [0.15, 0.2) is 5.51 Å². The van der Waals surface area contributed by atoms with E-state index in [4.69, 9.17) is 4.74 Å². The molecule has 0 unspecified atom stereocenters. The van der Waals surface area contributed by atoms with Crippen LogP contribution in [-0.2, 0) is 16.0 Å². The third-order valence-electron chi connectivity index (χ3n) is 4.78. The summed E-state index contributed by atoms with van der Waals surface area (Å²) in [5.41, 5.74) is 2.89. The summed E-state index contributed by atoms with van der Waals surface area (Å²) in [6, 6.07) is 0. The van der Waals surface area contributed by atoms with Crippen molar-refractivity contribution in [1.29, 1.82) is 0 Å². The molecule has 1 amide bonds. The van der Waals surface area contributed by atoms with E-state index in [0.29, 0.717) is 13.0 Å². The maximum Gasteiger partial charge on any atom is 0.223 e. The van der Waals surface area contributed by atoms with Crippen LogP contribution < -0.4 is 0 Å². The molecule has 0 bridgehead atoms. The predicted molar refractivity (Wildman–Crippen MR) is 83.5 cm³/mol. The minimum absolute atomic E-state index is 0.0352. The molecule has 116 valence electrons. The second-order valence-corrected chi connectivity index (χ2v) is 7.21. The van der Waals surface area contributed by atoms with E-state index >= 15 is 0 Å². The summed E-state index contributed by atoms with van der Waals surface area (Å²) in [6.07, 6.45) is 7.43. The van der Waals surface area contributed by atoms with Gasteiger partial charge >= 0.3 is 0 Å². The smallest absolute Gasteiger partial charge is 0.223 e. The highest BCUT2D eigenvalue weighted by Crippen LogP contribution is 2.34. The van der Waals surface area contributed by atoms with Crippen LogP contribution in [0, 0.1) is 6.92 Å². The van der Waals surface area contributed by atoms with Gasteiger partial charge in [-0.05, 0) is 26.2 Å². The van der Waals surface area contributed by atoms with Gasteiger partial charge in [-0.1, -0.05) is 19.3 Å². The molecule has 4 nitrogen and oxygen atoms in total. The van der Waals surface area contributed by atoms with E-state index in [0.717, 1.165) is 38.0 Å². The summed E-state index contributed by atoms with van der Waals surface area (Å²) in [4.78, 5) is 20.0. The van der Waals surface area contributed by atoms with Gasteiger partial charge in [0.25, 0.3) is 0 Å². The average molecular weight is 308 g/mol. The lowest BCUT2D eigenvalue weighted by molar-refractivity contribution is -0.156. The van der Waals surface area contributed by atoms with Crippen molar-refractivity contribution in [3.63, 3.8) is 0 Å². The fourth-order valence-corrected chi connectivity index (χ4v) is 4.28. The molecule has 2 aliphatic rings. The molecule has 1 aromatic heterocycles. The molecule has 1 aliphatic carbocycles. The molecule has 2 fully saturated rings. The molecular formula is C16H24N2O2S. The minimum atomic E-state index is -0.0352. The Morgan fingerprint density at radius 2 is 2.24 bits per heavy atom. The Morgan fingerprint density at radius 1 is 1.43 bits per heavy atom. The molecule has 2 heterocycles. The van der Waals surface area contributed by atoms with Gasteiger partial charge in [0, 0.05) is 24.4 Å². The van der Waals surface area contributed by atoms with E-state index in [1.165, 1.54) is 24.1 Å². The minimum Gasteiger partial charge on any atom is -0.371 e. The zero-order valence-electron chi connectivity index (χ0n) is 12.8. The van der Waals surface area contributed by atoms with Crippen LogP contribution >= 0.6 is 11.3 Å². The summed E-state index contributed by atoms with van der Waals surface area (Å²) >= 11 is 1.65. The fraction of sp³-hybridized carbons (Fsp3) is 0.750. The normalized spacial score (nSPS) is 21.7. The highest BCUT2D eigenvalue weighted by Gasteiger charge is 2.38. The van der Waals surface area contributed by atoms with Crippen molar-refractivity contribution in [1.82, 2.24) is 9.88 Å². The maximum atomic E-state index is 12.5. The molecule has 5 heteroatoms. The van der Waals surface area contributed by atoms with Crippen molar-refractivity contribution in [2.24, 2.45) is 0 Å². The Kier molecular flexibility index (Phi) is 4.60. The molecule has 1 saturated heterocycles. The Bertz CT molecular complexity index is 489. The number of hydrogen-bond acceptors (Lipinski definition) is 4. The molecular weight excluding hydrogens is 284 g/mol. The largest absolute Gasteiger partial charge is 0.371 e. The second-order valence-electron chi connectivity index (χ2n) is 6.27. The van der Waals surface area contributed by atoms with E-state index in [9.17, 15) is 4.79 Å². The SMILES string of the molecule is Cc1ncsc1CCC(=O)N1CCOC2(CCCCC2)C1. The molecule has 21 heavy (non-hydrogen) atoms. The highest BCUT2D eigenvalue weighted by atomic mass is 32.1.